The van der Waals surface area contributed by atoms with Gasteiger partial charge >= 0.3 is 6.03 Å². The van der Waals surface area contributed by atoms with Crippen LogP contribution in [-0.2, 0) is 9.59 Å². The Morgan fingerprint density at radius 3 is 2.70 bits per heavy atom. The number of carbonyl (C=O) groups is 3. The van der Waals surface area contributed by atoms with Gasteiger partial charge in [-0.1, -0.05) is 24.6 Å². The zero-order valence-corrected chi connectivity index (χ0v) is 19.9. The van der Waals surface area contributed by atoms with E-state index >= 15 is 0 Å². The fourth-order valence-electron chi connectivity index (χ4n) is 4.26. The second-order valence-electron chi connectivity index (χ2n) is 9.16. The van der Waals surface area contributed by atoms with Gasteiger partial charge in [-0.15, -0.1) is 0 Å². The van der Waals surface area contributed by atoms with Gasteiger partial charge in [0, 0.05) is 55.3 Å². The number of halogens is 1. The standard InChI is InChI=1S/C23H33ClN4O5/c1-16-21(32)26(11-12-28(16)22(33)25-18-6-3-5-17(24)13-18)9-4-7-20(31)27-10-8-23(2,15-29)19(30)14-27/h3,5-6,13,16,19,29-30H,4,7-12,14-15H2,1-2H3,(H,25,33)/t16-,19?,23?/m0/s1. The zero-order valence-electron chi connectivity index (χ0n) is 19.2. The summed E-state index contributed by atoms with van der Waals surface area (Å²) < 4.78 is 0. The number of anilines is 1. The number of urea groups is 1. The highest BCUT2D eigenvalue weighted by Crippen LogP contribution is 2.31. The molecule has 0 saturated carbocycles. The molecule has 2 saturated heterocycles. The maximum atomic E-state index is 12.8. The van der Waals surface area contributed by atoms with Crippen LogP contribution in [0.15, 0.2) is 24.3 Å². The van der Waals surface area contributed by atoms with Gasteiger partial charge in [0.1, 0.15) is 6.04 Å². The third-order valence-corrected chi connectivity index (χ3v) is 7.00. The van der Waals surface area contributed by atoms with Crippen molar-refractivity contribution in [3.63, 3.8) is 0 Å². The Labute approximate surface area is 199 Å². The van der Waals surface area contributed by atoms with Gasteiger partial charge in [-0.25, -0.2) is 4.79 Å². The van der Waals surface area contributed by atoms with Crippen LogP contribution in [0.1, 0.15) is 33.1 Å². The molecule has 0 radical (unpaired) electrons. The summed E-state index contributed by atoms with van der Waals surface area (Å²) in [6, 6.07) is 5.86. The van der Waals surface area contributed by atoms with Crippen molar-refractivity contribution in [2.24, 2.45) is 5.41 Å². The van der Waals surface area contributed by atoms with Gasteiger partial charge in [-0.2, -0.15) is 0 Å². The molecule has 3 atom stereocenters. The van der Waals surface area contributed by atoms with E-state index in [2.05, 4.69) is 5.32 Å². The largest absolute Gasteiger partial charge is 0.396 e. The molecular weight excluding hydrogens is 448 g/mol. The van der Waals surface area contributed by atoms with E-state index in [4.69, 9.17) is 11.6 Å². The quantitative estimate of drug-likeness (QED) is 0.574. The Hall–Kier alpha value is -2.36. The molecule has 2 aliphatic rings. The molecule has 2 aliphatic heterocycles. The third-order valence-electron chi connectivity index (χ3n) is 6.77. The number of nitrogens with zero attached hydrogens (tertiary/aromatic N) is 3. The fourth-order valence-corrected chi connectivity index (χ4v) is 4.45. The molecule has 1 aromatic rings. The summed E-state index contributed by atoms with van der Waals surface area (Å²) in [6.07, 6.45) is 0.579. The Kier molecular flexibility index (Phi) is 8.20. The van der Waals surface area contributed by atoms with Crippen molar-refractivity contribution in [3.05, 3.63) is 29.3 Å². The highest BCUT2D eigenvalue weighted by molar-refractivity contribution is 6.30. The number of amides is 4. The number of nitrogens with one attached hydrogen (secondary N) is 1. The summed E-state index contributed by atoms with van der Waals surface area (Å²) in [5, 5.41) is 23.0. The molecule has 33 heavy (non-hydrogen) atoms. The highest BCUT2D eigenvalue weighted by atomic mass is 35.5. The lowest BCUT2D eigenvalue weighted by Gasteiger charge is -2.42. The van der Waals surface area contributed by atoms with E-state index in [0.717, 1.165) is 0 Å². The number of hydrogen-bond donors (Lipinski definition) is 3. The fraction of sp³-hybridized carbons (Fsp3) is 0.609. The predicted octanol–water partition coefficient (Wildman–Crippen LogP) is 1.78. The molecule has 3 N–H and O–H groups in total. The first-order chi connectivity index (χ1) is 15.6. The van der Waals surface area contributed by atoms with Crippen molar-refractivity contribution in [3.8, 4) is 0 Å². The average molecular weight is 481 g/mol. The molecule has 1 aromatic carbocycles. The number of piperazine rings is 1. The van der Waals surface area contributed by atoms with Gasteiger partial charge in [0.25, 0.3) is 0 Å². The summed E-state index contributed by atoms with van der Waals surface area (Å²) in [6.45, 7) is 5.35. The van der Waals surface area contributed by atoms with Crippen LogP contribution in [0.2, 0.25) is 5.02 Å². The van der Waals surface area contributed by atoms with E-state index in [1.54, 1.807) is 41.0 Å². The van der Waals surface area contributed by atoms with E-state index in [-0.39, 0.29) is 37.4 Å². The molecule has 2 unspecified atom stereocenters. The molecule has 9 nitrogen and oxygen atoms in total. The summed E-state index contributed by atoms with van der Waals surface area (Å²) in [4.78, 5) is 42.8. The molecule has 3 rings (SSSR count). The number of rotatable bonds is 6. The second kappa shape index (κ2) is 10.7. The Morgan fingerprint density at radius 1 is 1.27 bits per heavy atom. The summed E-state index contributed by atoms with van der Waals surface area (Å²) in [5.41, 5.74) is -0.00633. The normalized spacial score (nSPS) is 25.8. The van der Waals surface area contributed by atoms with E-state index < -0.39 is 17.6 Å². The molecule has 0 aromatic heterocycles. The monoisotopic (exact) mass is 480 g/mol. The first-order valence-corrected chi connectivity index (χ1v) is 11.7. The van der Waals surface area contributed by atoms with Crippen LogP contribution in [-0.4, -0.2) is 94.2 Å². The third kappa shape index (κ3) is 5.96. The maximum Gasteiger partial charge on any atom is 0.322 e. The smallest absolute Gasteiger partial charge is 0.322 e. The number of carbonyl (C=O) groups excluding carboxylic acids is 3. The number of aliphatic hydroxyl groups is 2. The summed E-state index contributed by atoms with van der Waals surface area (Å²) in [7, 11) is 0. The van der Waals surface area contributed by atoms with E-state index in [0.29, 0.717) is 49.7 Å². The average Bonchev–Trinajstić information content (AvgIpc) is 2.78. The lowest BCUT2D eigenvalue weighted by molar-refractivity contribution is -0.142. The van der Waals surface area contributed by atoms with E-state index in [1.165, 1.54) is 4.90 Å². The van der Waals surface area contributed by atoms with Crippen molar-refractivity contribution in [2.45, 2.75) is 45.3 Å². The molecule has 2 heterocycles. The Morgan fingerprint density at radius 2 is 2.03 bits per heavy atom. The molecule has 2 fully saturated rings. The number of piperidine rings is 1. The minimum Gasteiger partial charge on any atom is -0.396 e. The predicted molar refractivity (Wildman–Crippen MR) is 125 cm³/mol. The SMILES string of the molecule is C[C@H]1C(=O)N(CCCC(=O)N2CCC(C)(CO)C(O)C2)CCN1C(=O)Nc1cccc(Cl)c1. The van der Waals surface area contributed by atoms with Crippen LogP contribution < -0.4 is 5.32 Å². The van der Waals surface area contributed by atoms with Crippen molar-refractivity contribution in [1.82, 2.24) is 14.7 Å². The topological polar surface area (TPSA) is 113 Å². The van der Waals surface area contributed by atoms with Crippen LogP contribution in [0.5, 0.6) is 0 Å². The van der Waals surface area contributed by atoms with Gasteiger partial charge in [-0.05, 0) is 38.0 Å². The van der Waals surface area contributed by atoms with Crippen molar-refractivity contribution < 1.29 is 24.6 Å². The zero-order chi connectivity index (χ0) is 24.2. The Balaban J connectivity index is 1.45. The van der Waals surface area contributed by atoms with E-state index in [9.17, 15) is 24.6 Å². The van der Waals surface area contributed by atoms with Crippen LogP contribution in [0.25, 0.3) is 0 Å². The van der Waals surface area contributed by atoms with Gasteiger partial charge in [0.15, 0.2) is 0 Å². The number of β-amino-alcohol motifs (C(OH)–C–C–N with tert-alkyl or cyclic N) is 1. The molecule has 182 valence electrons. The number of hydrogen-bond acceptors (Lipinski definition) is 5. The summed E-state index contributed by atoms with van der Waals surface area (Å²) in [5.74, 6) is -0.212. The number of likely N-dealkylation sites (tertiary alicyclic amines) is 1. The van der Waals surface area contributed by atoms with Crippen molar-refractivity contribution >= 4 is 35.1 Å². The molecule has 0 spiro atoms. The van der Waals surface area contributed by atoms with Crippen LogP contribution in [0.3, 0.4) is 0 Å². The lowest BCUT2D eigenvalue weighted by Crippen LogP contribution is -2.58. The van der Waals surface area contributed by atoms with Gasteiger partial charge in [0.05, 0.1) is 12.7 Å². The number of benzene rings is 1. The van der Waals surface area contributed by atoms with Crippen LogP contribution in [0.4, 0.5) is 10.5 Å². The van der Waals surface area contributed by atoms with Gasteiger partial charge < -0.3 is 30.2 Å². The first-order valence-electron chi connectivity index (χ1n) is 11.3. The van der Waals surface area contributed by atoms with Crippen LogP contribution in [0, 0.1) is 5.41 Å². The first kappa shape index (κ1) is 25.3. The maximum absolute atomic E-state index is 12.8. The summed E-state index contributed by atoms with van der Waals surface area (Å²) >= 11 is 5.96. The van der Waals surface area contributed by atoms with Gasteiger partial charge in [0.2, 0.25) is 11.8 Å². The molecule has 10 heteroatoms. The number of aliphatic hydroxyl groups excluding tert-OH is 2. The second-order valence-corrected chi connectivity index (χ2v) is 9.59. The van der Waals surface area contributed by atoms with Crippen molar-refractivity contribution in [2.75, 3.05) is 44.6 Å². The van der Waals surface area contributed by atoms with Crippen LogP contribution >= 0.6 is 11.6 Å². The molecule has 0 aliphatic carbocycles. The Bertz CT molecular complexity index is 884. The van der Waals surface area contributed by atoms with Crippen molar-refractivity contribution in [1.29, 1.82) is 0 Å². The lowest BCUT2D eigenvalue weighted by atomic mass is 9.78. The van der Waals surface area contributed by atoms with Gasteiger partial charge in [-0.3, -0.25) is 9.59 Å². The molecular formula is C23H33ClN4O5. The molecule has 0 bridgehead atoms. The molecule has 4 amide bonds. The minimum atomic E-state index is -0.756. The highest BCUT2D eigenvalue weighted by Gasteiger charge is 2.39. The minimum absolute atomic E-state index is 0.0610. The van der Waals surface area contributed by atoms with E-state index in [1.807, 2.05) is 6.92 Å².